The Labute approximate surface area is 197 Å². The van der Waals surface area contributed by atoms with E-state index >= 15 is 0 Å². The molecule has 0 radical (unpaired) electrons. The molecule has 0 saturated heterocycles. The minimum Gasteiger partial charge on any atom is -0.479 e. The van der Waals surface area contributed by atoms with Gasteiger partial charge in [-0.3, -0.25) is 9.59 Å². The van der Waals surface area contributed by atoms with Crippen LogP contribution in [-0.4, -0.2) is 24.8 Å². The lowest BCUT2D eigenvalue weighted by atomic mass is 10.1. The first-order valence-electron chi connectivity index (χ1n) is 10.3. The molecule has 0 aliphatic rings. The lowest BCUT2D eigenvalue weighted by Gasteiger charge is -2.02. The van der Waals surface area contributed by atoms with E-state index in [1.807, 2.05) is 36.4 Å². The van der Waals surface area contributed by atoms with Crippen molar-refractivity contribution < 1.29 is 19.1 Å². The molecule has 0 atom stereocenters. The van der Waals surface area contributed by atoms with E-state index in [0.717, 1.165) is 11.1 Å². The van der Waals surface area contributed by atoms with Crippen LogP contribution < -0.4 is 9.47 Å². The second kappa shape index (κ2) is 12.2. The Morgan fingerprint density at radius 3 is 1.47 bits per heavy atom. The van der Waals surface area contributed by atoms with Crippen LogP contribution in [-0.2, 0) is 0 Å². The van der Waals surface area contributed by atoms with E-state index in [-0.39, 0.29) is 24.8 Å². The highest BCUT2D eigenvalue weighted by atomic mass is 16.5. The van der Waals surface area contributed by atoms with Gasteiger partial charge in [-0.05, 0) is 77.9 Å². The molecule has 0 heterocycles. The van der Waals surface area contributed by atoms with Crippen molar-refractivity contribution in [3.63, 3.8) is 0 Å². The number of allylic oxidation sites excluding steroid dienone is 2. The SMILES string of the molecule is N#CCOc1ccc(C(=O)/C=C/c2cccc(/C=C/C(=O)c3ccc(OCC#N)cc3)c2)cc1. The Bertz CT molecular complexity index is 1190. The Balaban J connectivity index is 1.61. The molecular weight excluding hydrogens is 428 g/mol. The number of rotatable bonds is 10. The van der Waals surface area contributed by atoms with Crippen molar-refractivity contribution in [2.75, 3.05) is 13.2 Å². The molecule has 0 spiro atoms. The molecule has 3 aromatic carbocycles. The first kappa shape index (κ1) is 23.7. The smallest absolute Gasteiger partial charge is 0.185 e. The molecule has 0 bridgehead atoms. The first-order chi connectivity index (χ1) is 16.6. The van der Waals surface area contributed by atoms with Gasteiger partial charge in [-0.2, -0.15) is 10.5 Å². The zero-order valence-corrected chi connectivity index (χ0v) is 18.2. The number of ketones is 2. The Kier molecular flexibility index (Phi) is 8.50. The van der Waals surface area contributed by atoms with Crippen LogP contribution in [0.25, 0.3) is 12.2 Å². The molecule has 6 heteroatoms. The largest absolute Gasteiger partial charge is 0.479 e. The van der Waals surface area contributed by atoms with Gasteiger partial charge in [0.2, 0.25) is 0 Å². The summed E-state index contributed by atoms with van der Waals surface area (Å²) in [6, 6.07) is 24.4. The molecule has 0 amide bonds. The minimum atomic E-state index is -0.162. The third kappa shape index (κ3) is 7.05. The van der Waals surface area contributed by atoms with Gasteiger partial charge in [0.05, 0.1) is 0 Å². The molecule has 166 valence electrons. The highest BCUT2D eigenvalue weighted by molar-refractivity contribution is 6.07. The summed E-state index contributed by atoms with van der Waals surface area (Å²) in [4.78, 5) is 24.8. The van der Waals surface area contributed by atoms with Gasteiger partial charge >= 0.3 is 0 Å². The highest BCUT2D eigenvalue weighted by Crippen LogP contribution is 2.16. The highest BCUT2D eigenvalue weighted by Gasteiger charge is 2.04. The summed E-state index contributed by atoms with van der Waals surface area (Å²) in [6.07, 6.45) is 6.38. The lowest BCUT2D eigenvalue weighted by Crippen LogP contribution is -1.96. The molecule has 0 fully saturated rings. The summed E-state index contributed by atoms with van der Waals surface area (Å²) in [5.41, 5.74) is 2.64. The third-order valence-electron chi connectivity index (χ3n) is 4.65. The molecule has 0 aliphatic carbocycles. The fourth-order valence-corrected chi connectivity index (χ4v) is 2.96. The van der Waals surface area contributed by atoms with E-state index in [2.05, 4.69) is 0 Å². The summed E-state index contributed by atoms with van der Waals surface area (Å²) >= 11 is 0. The van der Waals surface area contributed by atoms with Gasteiger partial charge in [-0.1, -0.05) is 30.4 Å². The maximum Gasteiger partial charge on any atom is 0.185 e. The van der Waals surface area contributed by atoms with Gasteiger partial charge in [0.25, 0.3) is 0 Å². The second-order valence-corrected chi connectivity index (χ2v) is 7.01. The number of carbonyl (C=O) groups is 2. The molecular formula is C28H20N2O4. The van der Waals surface area contributed by atoms with Crippen molar-refractivity contribution in [1.82, 2.24) is 0 Å². The fraction of sp³-hybridized carbons (Fsp3) is 0.0714. The standard InChI is InChI=1S/C28H20N2O4/c29-16-18-33-25-10-6-23(7-11-25)27(31)14-4-21-2-1-3-22(20-21)5-15-28(32)24-8-12-26(13-9-24)34-19-17-30/h1-15,20H,18-19H2/b14-4+,15-5+. The molecule has 34 heavy (non-hydrogen) atoms. The molecule has 3 rings (SSSR count). The molecule has 3 aromatic rings. The summed E-state index contributed by atoms with van der Waals surface area (Å²) in [6.45, 7) is -0.0949. The second-order valence-electron chi connectivity index (χ2n) is 7.01. The van der Waals surface area contributed by atoms with Crippen LogP contribution in [0.5, 0.6) is 11.5 Å². The maximum atomic E-state index is 12.4. The Morgan fingerprint density at radius 2 is 1.09 bits per heavy atom. The lowest BCUT2D eigenvalue weighted by molar-refractivity contribution is 0.103. The van der Waals surface area contributed by atoms with Gasteiger partial charge < -0.3 is 9.47 Å². The molecule has 0 saturated carbocycles. The van der Waals surface area contributed by atoms with Crippen LogP contribution in [0.4, 0.5) is 0 Å². The van der Waals surface area contributed by atoms with E-state index in [1.165, 1.54) is 12.2 Å². The number of hydrogen-bond acceptors (Lipinski definition) is 6. The van der Waals surface area contributed by atoms with Gasteiger partial charge in [-0.25, -0.2) is 0 Å². The van der Waals surface area contributed by atoms with Crippen LogP contribution in [0.3, 0.4) is 0 Å². The Hall–Kier alpha value is -4.94. The zero-order chi connectivity index (χ0) is 24.2. The van der Waals surface area contributed by atoms with Gasteiger partial charge in [0, 0.05) is 11.1 Å². The van der Waals surface area contributed by atoms with Crippen LogP contribution in [0.15, 0.2) is 84.9 Å². The summed E-state index contributed by atoms with van der Waals surface area (Å²) < 4.78 is 10.4. The number of nitrogens with zero attached hydrogens (tertiary/aromatic N) is 2. The number of carbonyl (C=O) groups excluding carboxylic acids is 2. The quantitative estimate of drug-likeness (QED) is 0.309. The average molecular weight is 448 g/mol. The van der Waals surface area contributed by atoms with Crippen LogP contribution in [0.2, 0.25) is 0 Å². The number of nitriles is 2. The maximum absolute atomic E-state index is 12.4. The van der Waals surface area contributed by atoms with Crippen LogP contribution in [0, 0.1) is 22.7 Å². The zero-order valence-electron chi connectivity index (χ0n) is 18.2. The fourth-order valence-electron chi connectivity index (χ4n) is 2.96. The predicted molar refractivity (Wildman–Crippen MR) is 128 cm³/mol. The van der Waals surface area contributed by atoms with Gasteiger partial charge in [0.1, 0.15) is 23.6 Å². The Morgan fingerprint density at radius 1 is 0.676 bits per heavy atom. The van der Waals surface area contributed by atoms with Crippen molar-refractivity contribution >= 4 is 23.7 Å². The summed E-state index contributed by atoms with van der Waals surface area (Å²) in [7, 11) is 0. The molecule has 0 N–H and O–H groups in total. The average Bonchev–Trinajstić information content (AvgIpc) is 2.88. The van der Waals surface area contributed by atoms with Gasteiger partial charge in [-0.15, -0.1) is 0 Å². The van der Waals surface area contributed by atoms with Crippen molar-refractivity contribution in [3.8, 4) is 23.6 Å². The molecule has 0 aliphatic heterocycles. The van der Waals surface area contributed by atoms with Gasteiger partial charge in [0.15, 0.2) is 24.8 Å². The van der Waals surface area contributed by atoms with E-state index in [4.69, 9.17) is 20.0 Å². The molecule has 6 nitrogen and oxygen atoms in total. The number of ether oxygens (including phenoxy) is 2. The number of hydrogen-bond donors (Lipinski definition) is 0. The van der Waals surface area contributed by atoms with E-state index in [9.17, 15) is 9.59 Å². The summed E-state index contributed by atoms with van der Waals surface area (Å²) in [5, 5.41) is 17.1. The summed E-state index contributed by atoms with van der Waals surface area (Å²) in [5.74, 6) is 0.731. The van der Waals surface area contributed by atoms with Crippen molar-refractivity contribution in [3.05, 3.63) is 107 Å². The van der Waals surface area contributed by atoms with Crippen LogP contribution >= 0.6 is 0 Å². The van der Waals surface area contributed by atoms with Crippen molar-refractivity contribution in [2.45, 2.75) is 0 Å². The van der Waals surface area contributed by atoms with E-state index in [0.29, 0.717) is 22.6 Å². The third-order valence-corrected chi connectivity index (χ3v) is 4.65. The molecule has 0 unspecified atom stereocenters. The van der Waals surface area contributed by atoms with Crippen molar-refractivity contribution in [2.24, 2.45) is 0 Å². The first-order valence-corrected chi connectivity index (χ1v) is 10.3. The molecule has 0 aromatic heterocycles. The normalized spacial score (nSPS) is 10.5. The van der Waals surface area contributed by atoms with E-state index in [1.54, 1.807) is 60.7 Å². The van der Waals surface area contributed by atoms with Crippen molar-refractivity contribution in [1.29, 1.82) is 10.5 Å². The predicted octanol–water partition coefficient (Wildman–Crippen LogP) is 5.28. The van der Waals surface area contributed by atoms with E-state index < -0.39 is 0 Å². The van der Waals surface area contributed by atoms with Crippen LogP contribution in [0.1, 0.15) is 31.8 Å². The topological polar surface area (TPSA) is 100 Å². The monoisotopic (exact) mass is 448 g/mol. The minimum absolute atomic E-state index is 0.0475. The number of benzene rings is 3.